The fourth-order valence-electron chi connectivity index (χ4n) is 2.68. The first kappa shape index (κ1) is 20.6. The van der Waals surface area contributed by atoms with Gasteiger partial charge in [-0.05, 0) is 41.2 Å². The highest BCUT2D eigenvalue weighted by Gasteiger charge is 2.25. The molecule has 144 valence electrons. The summed E-state index contributed by atoms with van der Waals surface area (Å²) in [5, 5.41) is 20.7. The van der Waals surface area contributed by atoms with Gasteiger partial charge in [0.05, 0.1) is 6.10 Å². The van der Waals surface area contributed by atoms with E-state index in [1.54, 1.807) is 12.1 Å². The topological polar surface area (TPSA) is 98.7 Å². The van der Waals surface area contributed by atoms with Crippen LogP contribution in [0.2, 0.25) is 0 Å². The van der Waals surface area contributed by atoms with E-state index in [-0.39, 0.29) is 5.41 Å². The van der Waals surface area contributed by atoms with E-state index >= 15 is 0 Å². The maximum absolute atomic E-state index is 12.3. The highest BCUT2D eigenvalue weighted by Crippen LogP contribution is 2.26. The van der Waals surface area contributed by atoms with Gasteiger partial charge >= 0.3 is 0 Å². The number of hydrogen-bond donors (Lipinski definition) is 4. The van der Waals surface area contributed by atoms with Crippen molar-refractivity contribution in [3.63, 3.8) is 0 Å². The molecule has 0 saturated heterocycles. The van der Waals surface area contributed by atoms with Crippen LogP contribution in [0.3, 0.4) is 0 Å². The summed E-state index contributed by atoms with van der Waals surface area (Å²) in [7, 11) is 0. The largest absolute Gasteiger partial charge is 0.391 e. The summed E-state index contributed by atoms with van der Waals surface area (Å²) in [4.78, 5) is 23.8. The normalized spacial score (nSPS) is 13.6. The number of carbonyl (C=O) groups excluding carboxylic acids is 2. The van der Waals surface area contributed by atoms with Gasteiger partial charge in [0.2, 0.25) is 0 Å². The molecule has 0 bridgehead atoms. The molecule has 0 fully saturated rings. The molecule has 6 nitrogen and oxygen atoms in total. The summed E-state index contributed by atoms with van der Waals surface area (Å²) in [5.74, 6) is -1.40. The first-order valence-corrected chi connectivity index (χ1v) is 8.77. The molecular weight excluding hydrogens is 344 g/mol. The standard InChI is InChI=1S/C21H26N2O4/c1-13(24)18(20(26)23-27)22-19(25)16-7-5-14(6-8-16)15-9-11-17(12-10-15)21(2,3)4/h5-13,18,24,27H,1-4H3,(H,22,25)(H,23,26)/t13-,18+/m1/s1. The molecule has 27 heavy (non-hydrogen) atoms. The van der Waals surface area contributed by atoms with Crippen LogP contribution in [0.15, 0.2) is 48.5 Å². The molecule has 0 aromatic heterocycles. The molecule has 2 amide bonds. The Balaban J connectivity index is 2.14. The SMILES string of the molecule is C[C@@H](O)[C@H](NC(=O)c1ccc(-c2ccc(C(C)(C)C)cc2)cc1)C(=O)NO. The lowest BCUT2D eigenvalue weighted by molar-refractivity contribution is -0.133. The minimum absolute atomic E-state index is 0.0850. The second-order valence-electron chi connectivity index (χ2n) is 7.57. The Labute approximate surface area is 159 Å². The first-order chi connectivity index (χ1) is 12.6. The number of hydrogen-bond acceptors (Lipinski definition) is 4. The lowest BCUT2D eigenvalue weighted by Gasteiger charge is -2.19. The lowest BCUT2D eigenvalue weighted by Crippen LogP contribution is -2.51. The molecule has 2 aromatic carbocycles. The van der Waals surface area contributed by atoms with E-state index in [0.717, 1.165) is 11.1 Å². The van der Waals surface area contributed by atoms with Crippen molar-refractivity contribution >= 4 is 11.8 Å². The van der Waals surface area contributed by atoms with E-state index in [0.29, 0.717) is 5.56 Å². The van der Waals surface area contributed by atoms with Gasteiger partial charge in [0.1, 0.15) is 6.04 Å². The summed E-state index contributed by atoms with van der Waals surface area (Å²) in [6, 6.07) is 14.0. The minimum Gasteiger partial charge on any atom is -0.391 e. The first-order valence-electron chi connectivity index (χ1n) is 8.77. The Hall–Kier alpha value is -2.70. The van der Waals surface area contributed by atoms with Crippen molar-refractivity contribution in [1.82, 2.24) is 10.8 Å². The molecule has 2 atom stereocenters. The third-order valence-electron chi connectivity index (χ3n) is 4.39. The summed E-state index contributed by atoms with van der Waals surface area (Å²) < 4.78 is 0. The van der Waals surface area contributed by atoms with Crippen LogP contribution in [0.25, 0.3) is 11.1 Å². The van der Waals surface area contributed by atoms with Crippen LogP contribution >= 0.6 is 0 Å². The van der Waals surface area contributed by atoms with Gasteiger partial charge in [0, 0.05) is 5.56 Å². The van der Waals surface area contributed by atoms with Crippen LogP contribution in [-0.4, -0.2) is 34.3 Å². The molecule has 0 unspecified atom stereocenters. The summed E-state index contributed by atoms with van der Waals surface area (Å²) in [5.41, 5.74) is 5.12. The van der Waals surface area contributed by atoms with Gasteiger partial charge in [-0.2, -0.15) is 0 Å². The Bertz CT molecular complexity index is 790. The summed E-state index contributed by atoms with van der Waals surface area (Å²) >= 11 is 0. The number of aliphatic hydroxyl groups excluding tert-OH is 1. The van der Waals surface area contributed by atoms with E-state index in [1.807, 2.05) is 24.3 Å². The Morgan fingerprint density at radius 1 is 0.926 bits per heavy atom. The minimum atomic E-state index is -1.24. The van der Waals surface area contributed by atoms with Gasteiger partial charge in [0.15, 0.2) is 0 Å². The molecule has 0 radical (unpaired) electrons. The predicted molar refractivity (Wildman–Crippen MR) is 103 cm³/mol. The second kappa shape index (κ2) is 8.33. The number of amides is 2. The fourth-order valence-corrected chi connectivity index (χ4v) is 2.68. The van der Waals surface area contributed by atoms with Crippen LogP contribution < -0.4 is 10.8 Å². The monoisotopic (exact) mass is 370 g/mol. The molecule has 0 saturated carbocycles. The van der Waals surface area contributed by atoms with E-state index in [4.69, 9.17) is 5.21 Å². The maximum Gasteiger partial charge on any atom is 0.268 e. The van der Waals surface area contributed by atoms with Gasteiger partial charge in [-0.25, -0.2) is 5.48 Å². The van der Waals surface area contributed by atoms with E-state index in [9.17, 15) is 14.7 Å². The van der Waals surface area contributed by atoms with Crippen LogP contribution in [0.5, 0.6) is 0 Å². The Morgan fingerprint density at radius 2 is 1.41 bits per heavy atom. The molecule has 0 spiro atoms. The van der Waals surface area contributed by atoms with Crippen molar-refractivity contribution in [2.24, 2.45) is 0 Å². The third kappa shape index (κ3) is 5.15. The van der Waals surface area contributed by atoms with Crippen LogP contribution in [0.1, 0.15) is 43.6 Å². The van der Waals surface area contributed by atoms with Gasteiger partial charge in [-0.3, -0.25) is 14.8 Å². The Kier molecular flexibility index (Phi) is 6.36. The average Bonchev–Trinajstić information content (AvgIpc) is 2.64. The van der Waals surface area contributed by atoms with Gasteiger partial charge in [-0.1, -0.05) is 57.2 Å². The van der Waals surface area contributed by atoms with Crippen molar-refractivity contribution in [3.05, 3.63) is 59.7 Å². The number of carbonyl (C=O) groups is 2. The van der Waals surface area contributed by atoms with Crippen LogP contribution in [-0.2, 0) is 10.2 Å². The van der Waals surface area contributed by atoms with Crippen molar-refractivity contribution in [3.8, 4) is 11.1 Å². The summed E-state index contributed by atoms with van der Waals surface area (Å²) in [6.07, 6.45) is -1.15. The molecule has 0 aliphatic carbocycles. The molecule has 6 heteroatoms. The molecular formula is C21H26N2O4. The van der Waals surface area contributed by atoms with Gasteiger partial charge < -0.3 is 10.4 Å². The third-order valence-corrected chi connectivity index (χ3v) is 4.39. The van der Waals surface area contributed by atoms with Crippen LogP contribution in [0.4, 0.5) is 0 Å². The molecule has 2 rings (SSSR count). The molecule has 4 N–H and O–H groups in total. The van der Waals surface area contributed by atoms with E-state index in [1.165, 1.54) is 18.0 Å². The van der Waals surface area contributed by atoms with Crippen molar-refractivity contribution in [2.45, 2.75) is 45.3 Å². The number of benzene rings is 2. The Morgan fingerprint density at radius 3 is 1.81 bits per heavy atom. The van der Waals surface area contributed by atoms with Crippen molar-refractivity contribution < 1.29 is 19.9 Å². The van der Waals surface area contributed by atoms with Crippen molar-refractivity contribution in [2.75, 3.05) is 0 Å². The van der Waals surface area contributed by atoms with E-state index in [2.05, 4.69) is 38.2 Å². The molecule has 0 aliphatic rings. The van der Waals surface area contributed by atoms with Crippen molar-refractivity contribution in [1.29, 1.82) is 0 Å². The molecule has 2 aromatic rings. The quantitative estimate of drug-likeness (QED) is 0.480. The predicted octanol–water partition coefficient (Wildman–Crippen LogP) is 2.64. The average molecular weight is 370 g/mol. The zero-order valence-electron chi connectivity index (χ0n) is 16.0. The lowest BCUT2D eigenvalue weighted by atomic mass is 9.86. The zero-order chi connectivity index (χ0) is 20.2. The second-order valence-corrected chi connectivity index (χ2v) is 7.57. The van der Waals surface area contributed by atoms with E-state index < -0.39 is 24.0 Å². The smallest absolute Gasteiger partial charge is 0.268 e. The zero-order valence-corrected chi connectivity index (χ0v) is 16.0. The number of hydroxylamine groups is 1. The maximum atomic E-state index is 12.3. The van der Waals surface area contributed by atoms with Gasteiger partial charge in [-0.15, -0.1) is 0 Å². The molecule has 0 heterocycles. The van der Waals surface area contributed by atoms with Gasteiger partial charge in [0.25, 0.3) is 11.8 Å². The number of nitrogens with one attached hydrogen (secondary N) is 2. The summed E-state index contributed by atoms with van der Waals surface area (Å²) in [6.45, 7) is 7.83. The van der Waals surface area contributed by atoms with Crippen LogP contribution in [0, 0.1) is 0 Å². The molecule has 0 aliphatic heterocycles. The highest BCUT2D eigenvalue weighted by atomic mass is 16.5. The highest BCUT2D eigenvalue weighted by molar-refractivity contribution is 5.97. The number of aliphatic hydroxyl groups is 1. The fraction of sp³-hybridized carbons (Fsp3) is 0.333. The number of rotatable bonds is 5.